The van der Waals surface area contributed by atoms with E-state index in [1.807, 2.05) is 60.8 Å². The molecule has 0 unspecified atom stereocenters. The Morgan fingerprint density at radius 3 is 2.56 bits per heavy atom. The number of rotatable bonds is 3. The molecule has 3 aromatic heterocycles. The zero-order valence-electron chi connectivity index (χ0n) is 14.2. The molecule has 5 heteroatoms. The van der Waals surface area contributed by atoms with Crippen LogP contribution in [0.2, 0.25) is 5.02 Å². The summed E-state index contributed by atoms with van der Waals surface area (Å²) in [6.45, 7) is 0. The fourth-order valence-corrected chi connectivity index (χ4v) is 3.85. The van der Waals surface area contributed by atoms with Gasteiger partial charge in [-0.15, -0.1) is 11.3 Å². The van der Waals surface area contributed by atoms with Crippen molar-refractivity contribution >= 4 is 51.8 Å². The van der Waals surface area contributed by atoms with Crippen molar-refractivity contribution < 1.29 is 0 Å². The van der Waals surface area contributed by atoms with Gasteiger partial charge in [0.1, 0.15) is 5.69 Å². The normalized spacial score (nSPS) is 11.7. The first-order valence-electron chi connectivity index (χ1n) is 8.53. The summed E-state index contributed by atoms with van der Waals surface area (Å²) >= 11 is 7.75. The molecule has 0 saturated carbocycles. The number of para-hydroxylation sites is 2. The second-order valence-corrected chi connectivity index (χ2v) is 7.58. The number of hydrogen-bond donors (Lipinski definition) is 0. The fraction of sp³-hybridized carbons (Fsp3) is 0. The predicted octanol–water partition coefficient (Wildman–Crippen LogP) is 6.43. The lowest BCUT2D eigenvalue weighted by molar-refractivity contribution is 1.14. The van der Waals surface area contributed by atoms with Crippen molar-refractivity contribution in [1.82, 2.24) is 14.4 Å². The highest BCUT2D eigenvalue weighted by molar-refractivity contribution is 7.10. The Hall–Kier alpha value is -2.95. The van der Waals surface area contributed by atoms with Crippen LogP contribution in [0.1, 0.15) is 10.6 Å². The molecule has 0 aliphatic heterocycles. The van der Waals surface area contributed by atoms with Gasteiger partial charge in [-0.2, -0.15) is 0 Å². The molecule has 0 atom stereocenters. The van der Waals surface area contributed by atoms with Gasteiger partial charge < -0.3 is 0 Å². The van der Waals surface area contributed by atoms with Crippen molar-refractivity contribution in [3.63, 3.8) is 0 Å². The SMILES string of the molecule is Clc1ccc(-c2cn3c(nc4ccccc43)c(/C=C/c3cccs3)n2)cc1. The maximum atomic E-state index is 6.05. The first-order chi connectivity index (χ1) is 13.3. The Kier molecular flexibility index (Phi) is 4.00. The Labute approximate surface area is 165 Å². The highest BCUT2D eigenvalue weighted by Gasteiger charge is 2.11. The minimum absolute atomic E-state index is 0.714. The number of imidazole rings is 1. The molecule has 0 aliphatic carbocycles. The van der Waals surface area contributed by atoms with Gasteiger partial charge in [0, 0.05) is 21.7 Å². The maximum absolute atomic E-state index is 6.05. The second-order valence-electron chi connectivity index (χ2n) is 6.16. The molecule has 2 aromatic carbocycles. The first kappa shape index (κ1) is 16.2. The molecule has 5 rings (SSSR count). The number of halogens is 1. The lowest BCUT2D eigenvalue weighted by atomic mass is 10.1. The molecule has 0 fully saturated rings. The third-order valence-corrected chi connectivity index (χ3v) is 5.50. The van der Waals surface area contributed by atoms with Gasteiger partial charge in [0.25, 0.3) is 0 Å². The van der Waals surface area contributed by atoms with E-state index < -0.39 is 0 Å². The van der Waals surface area contributed by atoms with Gasteiger partial charge in [-0.1, -0.05) is 41.9 Å². The zero-order valence-corrected chi connectivity index (χ0v) is 15.8. The molecule has 3 heterocycles. The zero-order chi connectivity index (χ0) is 18.2. The van der Waals surface area contributed by atoms with Crippen LogP contribution in [0.3, 0.4) is 0 Å². The smallest absolute Gasteiger partial charge is 0.164 e. The number of aromatic nitrogens is 3. The number of hydrogen-bond acceptors (Lipinski definition) is 3. The van der Waals surface area contributed by atoms with Crippen molar-refractivity contribution in [2.24, 2.45) is 0 Å². The van der Waals surface area contributed by atoms with Crippen molar-refractivity contribution in [3.8, 4) is 11.3 Å². The van der Waals surface area contributed by atoms with E-state index >= 15 is 0 Å². The Bertz CT molecular complexity index is 1270. The van der Waals surface area contributed by atoms with E-state index in [0.717, 1.165) is 33.6 Å². The van der Waals surface area contributed by atoms with Crippen LogP contribution >= 0.6 is 22.9 Å². The van der Waals surface area contributed by atoms with E-state index in [-0.39, 0.29) is 0 Å². The average molecular weight is 388 g/mol. The minimum atomic E-state index is 0.714. The number of nitrogens with zero attached hydrogens (tertiary/aromatic N) is 3. The summed E-state index contributed by atoms with van der Waals surface area (Å²) in [4.78, 5) is 10.9. The first-order valence-corrected chi connectivity index (χ1v) is 9.79. The minimum Gasteiger partial charge on any atom is -0.296 e. The number of thiophene rings is 1. The molecular weight excluding hydrogens is 374 g/mol. The van der Waals surface area contributed by atoms with Gasteiger partial charge in [-0.3, -0.25) is 4.40 Å². The van der Waals surface area contributed by atoms with Gasteiger partial charge in [0.15, 0.2) is 5.65 Å². The van der Waals surface area contributed by atoms with Crippen LogP contribution in [0, 0.1) is 0 Å². The van der Waals surface area contributed by atoms with Gasteiger partial charge in [0.2, 0.25) is 0 Å². The largest absolute Gasteiger partial charge is 0.296 e. The molecule has 0 bridgehead atoms. The van der Waals surface area contributed by atoms with E-state index in [0.29, 0.717) is 5.02 Å². The van der Waals surface area contributed by atoms with Crippen LogP contribution in [0.5, 0.6) is 0 Å². The molecule has 0 aliphatic rings. The molecule has 0 saturated heterocycles. The Balaban J connectivity index is 1.76. The number of benzene rings is 2. The van der Waals surface area contributed by atoms with Crippen LogP contribution < -0.4 is 0 Å². The molecule has 0 amide bonds. The van der Waals surface area contributed by atoms with E-state index in [1.165, 1.54) is 4.88 Å². The van der Waals surface area contributed by atoms with E-state index in [9.17, 15) is 0 Å². The monoisotopic (exact) mass is 387 g/mol. The lowest BCUT2D eigenvalue weighted by Crippen LogP contribution is -1.95. The molecule has 27 heavy (non-hydrogen) atoms. The van der Waals surface area contributed by atoms with E-state index in [1.54, 1.807) is 11.3 Å². The second kappa shape index (κ2) is 6.65. The average Bonchev–Trinajstić information content (AvgIpc) is 3.34. The highest BCUT2D eigenvalue weighted by Crippen LogP contribution is 2.26. The van der Waals surface area contributed by atoms with Crippen LogP contribution in [0.25, 0.3) is 40.1 Å². The van der Waals surface area contributed by atoms with Crippen molar-refractivity contribution in [1.29, 1.82) is 0 Å². The van der Waals surface area contributed by atoms with Gasteiger partial charge in [-0.25, -0.2) is 9.97 Å². The highest BCUT2D eigenvalue weighted by atomic mass is 35.5. The van der Waals surface area contributed by atoms with Crippen molar-refractivity contribution in [2.75, 3.05) is 0 Å². The standard InChI is InChI=1S/C22H14ClN3S/c23-16-9-7-15(8-10-16)20-14-26-21-6-2-1-5-18(21)25-22(26)19(24-20)12-11-17-4-3-13-27-17/h1-14H/b12-11+. The third kappa shape index (κ3) is 3.03. The van der Waals surface area contributed by atoms with Crippen LogP contribution in [-0.4, -0.2) is 14.4 Å². The summed E-state index contributed by atoms with van der Waals surface area (Å²) in [5.41, 5.74) is 5.61. The molecule has 130 valence electrons. The molecule has 0 N–H and O–H groups in total. The predicted molar refractivity (Wildman–Crippen MR) is 114 cm³/mol. The van der Waals surface area contributed by atoms with E-state index in [4.69, 9.17) is 21.6 Å². The Morgan fingerprint density at radius 1 is 0.889 bits per heavy atom. The maximum Gasteiger partial charge on any atom is 0.164 e. The van der Waals surface area contributed by atoms with Crippen molar-refractivity contribution in [3.05, 3.63) is 87.8 Å². The fourth-order valence-electron chi connectivity index (χ4n) is 3.11. The van der Waals surface area contributed by atoms with Gasteiger partial charge in [0.05, 0.1) is 16.7 Å². The molecular formula is C22H14ClN3S. The number of fused-ring (bicyclic) bond motifs is 3. The topological polar surface area (TPSA) is 30.2 Å². The summed E-state index contributed by atoms with van der Waals surface area (Å²) in [6, 6.07) is 20.0. The summed E-state index contributed by atoms with van der Waals surface area (Å²) in [6.07, 6.45) is 6.15. The molecule has 5 aromatic rings. The molecule has 3 nitrogen and oxygen atoms in total. The summed E-state index contributed by atoms with van der Waals surface area (Å²) in [5, 5.41) is 2.78. The van der Waals surface area contributed by atoms with Crippen LogP contribution in [0.15, 0.2) is 72.2 Å². The summed E-state index contributed by atoms with van der Waals surface area (Å²) in [7, 11) is 0. The van der Waals surface area contributed by atoms with Crippen LogP contribution in [-0.2, 0) is 0 Å². The lowest BCUT2D eigenvalue weighted by Gasteiger charge is -2.06. The van der Waals surface area contributed by atoms with Crippen LogP contribution in [0.4, 0.5) is 0 Å². The quantitative estimate of drug-likeness (QED) is 0.357. The van der Waals surface area contributed by atoms with Crippen molar-refractivity contribution in [2.45, 2.75) is 0 Å². The summed E-state index contributed by atoms with van der Waals surface area (Å²) in [5.74, 6) is 0. The summed E-state index contributed by atoms with van der Waals surface area (Å²) < 4.78 is 2.11. The third-order valence-electron chi connectivity index (χ3n) is 4.41. The van der Waals surface area contributed by atoms with Gasteiger partial charge in [-0.05, 0) is 47.9 Å². The van der Waals surface area contributed by atoms with Gasteiger partial charge >= 0.3 is 0 Å². The molecule has 0 radical (unpaired) electrons. The Morgan fingerprint density at radius 2 is 1.74 bits per heavy atom. The van der Waals surface area contributed by atoms with E-state index in [2.05, 4.69) is 28.0 Å². The molecule has 0 spiro atoms.